The highest BCUT2D eigenvalue weighted by molar-refractivity contribution is 6.34. The lowest BCUT2D eigenvalue weighted by atomic mass is 9.72. The van der Waals surface area contributed by atoms with E-state index in [4.69, 9.17) is 47.7 Å². The minimum absolute atomic E-state index is 0.172. The zero-order valence-electron chi connectivity index (χ0n) is 20.2. The number of carboxylic acids is 2. The van der Waals surface area contributed by atoms with E-state index in [2.05, 4.69) is 65.6 Å². The van der Waals surface area contributed by atoms with Crippen LogP contribution in [0.3, 0.4) is 0 Å². The molecule has 194 valence electrons. The van der Waals surface area contributed by atoms with Crippen LogP contribution in [0.25, 0.3) is 0 Å². The Balaban J connectivity index is 0.000000480. The van der Waals surface area contributed by atoms with E-state index < -0.39 is 11.9 Å². The summed E-state index contributed by atoms with van der Waals surface area (Å²) in [5.74, 6) is -2.79. The summed E-state index contributed by atoms with van der Waals surface area (Å²) in [7, 11) is 0. The predicted molar refractivity (Wildman–Crippen MR) is 143 cm³/mol. The van der Waals surface area contributed by atoms with Crippen molar-refractivity contribution in [1.29, 1.82) is 0 Å². The average Bonchev–Trinajstić information content (AvgIpc) is 2.90. The zero-order chi connectivity index (χ0) is 26.4. The average molecular weight is 542 g/mol. The maximum atomic E-state index is 9.10. The van der Waals surface area contributed by atoms with E-state index in [-0.39, 0.29) is 12.0 Å². The summed E-state index contributed by atoms with van der Waals surface area (Å²) in [5, 5.41) is 16.1. The van der Waals surface area contributed by atoms with Crippen molar-refractivity contribution < 1.29 is 24.5 Å². The SMILES string of the molecule is Clc1cc(Cl)cc(COC2C3CCN(CC3)C2C(c2ccccc2)c2ccccc2)c1.O=C(O)C(=O)O. The summed E-state index contributed by atoms with van der Waals surface area (Å²) < 4.78 is 6.69. The highest BCUT2D eigenvalue weighted by atomic mass is 35.5. The first-order chi connectivity index (χ1) is 17.8. The van der Waals surface area contributed by atoms with Gasteiger partial charge in [0.2, 0.25) is 0 Å². The van der Waals surface area contributed by atoms with Gasteiger partial charge in [-0.25, -0.2) is 9.59 Å². The van der Waals surface area contributed by atoms with Crippen LogP contribution in [0, 0.1) is 5.92 Å². The third-order valence-corrected chi connectivity index (χ3v) is 7.44. The molecule has 3 aromatic carbocycles. The highest BCUT2D eigenvalue weighted by Crippen LogP contribution is 2.43. The Morgan fingerprint density at radius 1 is 0.838 bits per heavy atom. The van der Waals surface area contributed by atoms with Gasteiger partial charge in [0, 0.05) is 22.0 Å². The first-order valence-electron chi connectivity index (χ1n) is 12.2. The van der Waals surface area contributed by atoms with Crippen molar-refractivity contribution >= 4 is 35.1 Å². The molecule has 3 aliphatic heterocycles. The van der Waals surface area contributed by atoms with E-state index in [1.165, 1.54) is 24.0 Å². The molecule has 6 nitrogen and oxygen atoms in total. The number of carbonyl (C=O) groups is 2. The number of ether oxygens (including phenoxy) is 1. The lowest BCUT2D eigenvalue weighted by Crippen LogP contribution is -2.60. The fraction of sp³-hybridized carbons (Fsp3) is 0.310. The number of halogens is 2. The van der Waals surface area contributed by atoms with Crippen molar-refractivity contribution in [3.8, 4) is 0 Å². The number of piperidine rings is 3. The summed E-state index contributed by atoms with van der Waals surface area (Å²) in [6, 6.07) is 27.8. The number of aliphatic carboxylic acids is 2. The second-order valence-corrected chi connectivity index (χ2v) is 10.2. The van der Waals surface area contributed by atoms with Gasteiger partial charge in [-0.3, -0.25) is 4.90 Å². The van der Waals surface area contributed by atoms with Crippen molar-refractivity contribution in [3.63, 3.8) is 0 Å². The minimum Gasteiger partial charge on any atom is -0.473 e. The van der Waals surface area contributed by atoms with Crippen molar-refractivity contribution in [2.24, 2.45) is 5.92 Å². The third kappa shape index (κ3) is 6.90. The molecule has 37 heavy (non-hydrogen) atoms. The van der Waals surface area contributed by atoms with Gasteiger partial charge < -0.3 is 14.9 Å². The molecule has 0 aliphatic carbocycles. The molecule has 3 heterocycles. The van der Waals surface area contributed by atoms with Gasteiger partial charge in [-0.2, -0.15) is 0 Å². The van der Waals surface area contributed by atoms with Crippen molar-refractivity contribution in [2.45, 2.75) is 37.5 Å². The van der Waals surface area contributed by atoms with Gasteiger partial charge in [0.25, 0.3) is 0 Å². The monoisotopic (exact) mass is 541 g/mol. The molecule has 0 aromatic heterocycles. The van der Waals surface area contributed by atoms with Crippen LogP contribution in [-0.4, -0.2) is 52.3 Å². The molecule has 2 bridgehead atoms. The van der Waals surface area contributed by atoms with Crippen molar-refractivity contribution in [1.82, 2.24) is 4.90 Å². The molecular formula is C29H29Cl2NO5. The van der Waals surface area contributed by atoms with Crippen LogP contribution in [0.5, 0.6) is 0 Å². The van der Waals surface area contributed by atoms with Gasteiger partial charge >= 0.3 is 11.9 Å². The van der Waals surface area contributed by atoms with Crippen LogP contribution in [-0.2, 0) is 20.9 Å². The molecule has 2 N–H and O–H groups in total. The number of rotatable bonds is 6. The van der Waals surface area contributed by atoms with Crippen LogP contribution < -0.4 is 0 Å². The Morgan fingerprint density at radius 2 is 1.32 bits per heavy atom. The fourth-order valence-corrected chi connectivity index (χ4v) is 6.03. The Bertz CT molecular complexity index is 1130. The summed E-state index contributed by atoms with van der Waals surface area (Å²) in [6.45, 7) is 2.82. The molecular weight excluding hydrogens is 513 g/mol. The Kier molecular flexibility index (Phi) is 9.22. The standard InChI is InChI=1S/C27H27Cl2NO.C2H2O4/c28-23-15-19(16-24(29)17-23)18-31-27-22-11-13-30(14-12-22)26(27)25(20-7-3-1-4-8-20)21-9-5-2-6-10-21;3-1(4)2(5)6/h1-10,15-17,22,25-27H,11-14,18H2;(H,3,4)(H,5,6). The summed E-state index contributed by atoms with van der Waals surface area (Å²) in [6.07, 6.45) is 2.58. The minimum atomic E-state index is -1.82. The van der Waals surface area contributed by atoms with E-state index in [0.717, 1.165) is 18.7 Å². The van der Waals surface area contributed by atoms with Crippen LogP contribution in [0.1, 0.15) is 35.4 Å². The van der Waals surface area contributed by atoms with Crippen LogP contribution in [0.2, 0.25) is 10.0 Å². The Labute approximate surface area is 226 Å². The summed E-state index contributed by atoms with van der Waals surface area (Å²) in [4.78, 5) is 20.9. The van der Waals surface area contributed by atoms with Gasteiger partial charge in [-0.15, -0.1) is 0 Å². The molecule has 3 saturated heterocycles. The quantitative estimate of drug-likeness (QED) is 0.374. The molecule has 6 rings (SSSR count). The van der Waals surface area contributed by atoms with Gasteiger partial charge in [0.1, 0.15) is 0 Å². The predicted octanol–water partition coefficient (Wildman–Crippen LogP) is 5.96. The first kappa shape index (κ1) is 27.1. The molecule has 3 fully saturated rings. The topological polar surface area (TPSA) is 87.1 Å². The van der Waals surface area contributed by atoms with E-state index >= 15 is 0 Å². The zero-order valence-corrected chi connectivity index (χ0v) is 21.7. The number of fused-ring (bicyclic) bond motifs is 3. The normalized spacial score (nSPS) is 22.2. The molecule has 0 radical (unpaired) electrons. The van der Waals surface area contributed by atoms with Crippen molar-refractivity contribution in [3.05, 3.63) is 106 Å². The van der Waals surface area contributed by atoms with Gasteiger partial charge in [0.05, 0.1) is 12.7 Å². The second kappa shape index (κ2) is 12.6. The smallest absolute Gasteiger partial charge is 0.414 e. The van der Waals surface area contributed by atoms with Gasteiger partial charge in [0.15, 0.2) is 0 Å². The van der Waals surface area contributed by atoms with Gasteiger partial charge in [-0.05, 0) is 66.7 Å². The number of hydrogen-bond donors (Lipinski definition) is 2. The lowest BCUT2D eigenvalue weighted by molar-refractivity contribution is -0.159. The van der Waals surface area contributed by atoms with E-state index in [1.54, 1.807) is 6.07 Å². The number of hydrogen-bond acceptors (Lipinski definition) is 4. The third-order valence-electron chi connectivity index (χ3n) is 7.00. The molecule has 3 aromatic rings. The number of carboxylic acid groups (broad SMARTS) is 2. The molecule has 2 unspecified atom stereocenters. The summed E-state index contributed by atoms with van der Waals surface area (Å²) in [5.41, 5.74) is 3.74. The lowest BCUT2D eigenvalue weighted by Gasteiger charge is -2.53. The van der Waals surface area contributed by atoms with E-state index in [0.29, 0.717) is 28.6 Å². The fourth-order valence-electron chi connectivity index (χ4n) is 5.46. The second-order valence-electron chi connectivity index (χ2n) is 9.33. The maximum Gasteiger partial charge on any atom is 0.414 e. The van der Waals surface area contributed by atoms with E-state index in [1.807, 2.05) is 12.1 Å². The highest BCUT2D eigenvalue weighted by Gasteiger charge is 2.47. The maximum absolute atomic E-state index is 9.10. The van der Waals surface area contributed by atoms with Gasteiger partial charge in [-0.1, -0.05) is 83.9 Å². The Morgan fingerprint density at radius 3 is 1.78 bits per heavy atom. The van der Waals surface area contributed by atoms with Crippen molar-refractivity contribution in [2.75, 3.05) is 13.1 Å². The van der Waals surface area contributed by atoms with Crippen LogP contribution in [0.4, 0.5) is 0 Å². The number of nitrogens with zero attached hydrogens (tertiary/aromatic N) is 1. The molecule has 0 spiro atoms. The molecule has 0 amide bonds. The summed E-state index contributed by atoms with van der Waals surface area (Å²) >= 11 is 12.5. The van der Waals surface area contributed by atoms with Crippen LogP contribution in [0.15, 0.2) is 78.9 Å². The largest absolute Gasteiger partial charge is 0.473 e. The Hall–Kier alpha value is -2.90. The molecule has 8 heteroatoms. The molecule has 2 atom stereocenters. The first-order valence-corrected chi connectivity index (χ1v) is 13.0. The molecule has 3 aliphatic rings. The van der Waals surface area contributed by atoms with Crippen LogP contribution >= 0.6 is 23.2 Å². The number of benzene rings is 3. The molecule has 0 saturated carbocycles. The van der Waals surface area contributed by atoms with E-state index in [9.17, 15) is 0 Å².